The highest BCUT2D eigenvalue weighted by Gasteiger charge is 2.16. The van der Waals surface area contributed by atoms with Crippen LogP contribution in [0.25, 0.3) is 0 Å². The number of aromatic nitrogens is 1. The highest BCUT2D eigenvalue weighted by atomic mass is 32.2. The lowest BCUT2D eigenvalue weighted by Gasteiger charge is -2.11. The predicted molar refractivity (Wildman–Crippen MR) is 74.4 cm³/mol. The summed E-state index contributed by atoms with van der Waals surface area (Å²) in [6, 6.07) is 3.65. The fourth-order valence-corrected chi connectivity index (χ4v) is 2.68. The molecule has 1 aromatic heterocycles. The average molecular weight is 279 g/mol. The second-order valence-electron chi connectivity index (χ2n) is 4.13. The molecule has 102 valence electrons. The molecule has 0 aliphatic heterocycles. The van der Waals surface area contributed by atoms with Crippen LogP contribution in [0.1, 0.15) is 37.9 Å². The van der Waals surface area contributed by atoms with Crippen LogP contribution in [0.5, 0.6) is 0 Å². The fraction of sp³-hybridized carbons (Fsp3) is 0.462. The van der Waals surface area contributed by atoms with Crippen molar-refractivity contribution in [3.05, 3.63) is 23.5 Å². The maximum atomic E-state index is 12.1. The van der Waals surface area contributed by atoms with E-state index in [4.69, 9.17) is 5.26 Å². The molecule has 0 aliphatic rings. The molecule has 0 saturated heterocycles. The monoisotopic (exact) mass is 279 g/mol. The first-order valence-corrected chi connectivity index (χ1v) is 7.26. The second-order valence-corrected chi connectivity index (χ2v) is 5.84. The zero-order valence-electron chi connectivity index (χ0n) is 11.5. The summed E-state index contributed by atoms with van der Waals surface area (Å²) < 4.78 is 12.1. The highest BCUT2D eigenvalue weighted by Crippen LogP contribution is 2.22. The Morgan fingerprint density at radius 2 is 2.32 bits per heavy atom. The maximum absolute atomic E-state index is 12.1. The van der Waals surface area contributed by atoms with Gasteiger partial charge in [-0.2, -0.15) is 5.26 Å². The minimum atomic E-state index is -1.12. The van der Waals surface area contributed by atoms with Crippen LogP contribution in [-0.2, 0) is 15.6 Å². The van der Waals surface area contributed by atoms with E-state index in [0.29, 0.717) is 16.2 Å². The molecular formula is C13H17N3O2S. The molecule has 5 nitrogen and oxygen atoms in total. The summed E-state index contributed by atoms with van der Waals surface area (Å²) in [6.45, 7) is 5.83. The van der Waals surface area contributed by atoms with Gasteiger partial charge in [-0.3, -0.25) is 9.19 Å². The SMILES string of the molecule is CCS(=O)c1cc(/C(C#N)=N/OC)cnc1C(C)C. The van der Waals surface area contributed by atoms with E-state index in [0.717, 1.165) is 5.69 Å². The van der Waals surface area contributed by atoms with Gasteiger partial charge in [0.2, 0.25) is 0 Å². The molecule has 6 heteroatoms. The van der Waals surface area contributed by atoms with Gasteiger partial charge in [0.25, 0.3) is 0 Å². The van der Waals surface area contributed by atoms with Crippen molar-refractivity contribution in [3.8, 4) is 6.07 Å². The molecular weight excluding hydrogens is 262 g/mol. The molecule has 0 aromatic carbocycles. The van der Waals surface area contributed by atoms with E-state index in [9.17, 15) is 4.21 Å². The first kappa shape index (κ1) is 15.3. The van der Waals surface area contributed by atoms with E-state index >= 15 is 0 Å². The Bertz CT molecular complexity index is 547. The summed E-state index contributed by atoms with van der Waals surface area (Å²) in [5.41, 5.74) is 1.43. The van der Waals surface area contributed by atoms with Gasteiger partial charge in [0.05, 0.1) is 21.4 Å². The molecule has 0 radical (unpaired) electrons. The van der Waals surface area contributed by atoms with Gasteiger partial charge in [-0.1, -0.05) is 25.9 Å². The number of hydrogen-bond acceptors (Lipinski definition) is 5. The van der Waals surface area contributed by atoms with E-state index < -0.39 is 10.8 Å². The summed E-state index contributed by atoms with van der Waals surface area (Å²) >= 11 is 0. The van der Waals surface area contributed by atoms with E-state index in [1.54, 1.807) is 12.3 Å². The minimum absolute atomic E-state index is 0.125. The lowest BCUT2D eigenvalue weighted by Crippen LogP contribution is -2.08. The molecule has 1 atom stereocenters. The standard InChI is InChI=1S/C13H17N3O2S/c1-5-19(17)12-6-10(11(7-14)16-18-4)8-15-13(12)9(2)3/h6,8-9H,5H2,1-4H3/b16-11+. The number of oxime groups is 1. The molecule has 0 amide bonds. The molecule has 0 N–H and O–H groups in total. The molecule has 1 rings (SSSR count). The summed E-state index contributed by atoms with van der Waals surface area (Å²) in [5, 5.41) is 12.6. The van der Waals surface area contributed by atoms with Crippen molar-refractivity contribution >= 4 is 16.5 Å². The molecule has 0 bridgehead atoms. The topological polar surface area (TPSA) is 75.3 Å². The van der Waals surface area contributed by atoms with Crippen molar-refractivity contribution in [2.75, 3.05) is 12.9 Å². The van der Waals surface area contributed by atoms with Crippen LogP contribution >= 0.6 is 0 Å². The van der Waals surface area contributed by atoms with Crippen molar-refractivity contribution in [2.45, 2.75) is 31.6 Å². The smallest absolute Gasteiger partial charge is 0.188 e. The van der Waals surface area contributed by atoms with Gasteiger partial charge in [-0.25, -0.2) is 0 Å². The Hall–Kier alpha value is -1.74. The molecule has 19 heavy (non-hydrogen) atoms. The number of hydrogen-bond donors (Lipinski definition) is 0. The van der Waals surface area contributed by atoms with Crippen LogP contribution in [0.15, 0.2) is 22.3 Å². The van der Waals surface area contributed by atoms with Crippen LogP contribution in [0.3, 0.4) is 0 Å². The van der Waals surface area contributed by atoms with Crippen molar-refractivity contribution in [3.63, 3.8) is 0 Å². The Morgan fingerprint density at radius 3 is 2.79 bits per heavy atom. The highest BCUT2D eigenvalue weighted by molar-refractivity contribution is 7.85. The van der Waals surface area contributed by atoms with Gasteiger partial charge in [0.1, 0.15) is 13.2 Å². The molecule has 0 fully saturated rings. The van der Waals surface area contributed by atoms with Crippen LogP contribution < -0.4 is 0 Å². The molecule has 1 aromatic rings. The number of nitriles is 1. The van der Waals surface area contributed by atoms with Gasteiger partial charge in [0.15, 0.2) is 5.71 Å². The molecule has 0 spiro atoms. The normalized spacial score (nSPS) is 13.2. The number of rotatable bonds is 5. The van der Waals surface area contributed by atoms with Crippen LogP contribution in [0.4, 0.5) is 0 Å². The molecule has 0 aliphatic carbocycles. The molecule has 0 saturated carbocycles. The van der Waals surface area contributed by atoms with Gasteiger partial charge < -0.3 is 4.84 Å². The van der Waals surface area contributed by atoms with E-state index in [-0.39, 0.29) is 11.6 Å². The number of pyridine rings is 1. The molecule has 1 unspecified atom stereocenters. The van der Waals surface area contributed by atoms with Crippen molar-refractivity contribution in [2.24, 2.45) is 5.16 Å². The lowest BCUT2D eigenvalue weighted by molar-refractivity contribution is 0.214. The minimum Gasteiger partial charge on any atom is -0.398 e. The fourth-order valence-electron chi connectivity index (χ4n) is 1.59. The van der Waals surface area contributed by atoms with E-state index in [1.807, 2.05) is 26.8 Å². The van der Waals surface area contributed by atoms with Gasteiger partial charge in [-0.05, 0) is 12.0 Å². The predicted octanol–water partition coefficient (Wildman–Crippen LogP) is 2.21. The van der Waals surface area contributed by atoms with Gasteiger partial charge in [-0.15, -0.1) is 0 Å². The van der Waals surface area contributed by atoms with Crippen LogP contribution in [-0.4, -0.2) is 27.8 Å². The largest absolute Gasteiger partial charge is 0.398 e. The number of nitrogens with zero attached hydrogens (tertiary/aromatic N) is 3. The first-order chi connectivity index (χ1) is 9.04. The summed E-state index contributed by atoms with van der Waals surface area (Å²) in [5.74, 6) is 0.679. The third-order valence-electron chi connectivity index (χ3n) is 2.50. The lowest BCUT2D eigenvalue weighted by atomic mass is 10.1. The Morgan fingerprint density at radius 1 is 1.63 bits per heavy atom. The van der Waals surface area contributed by atoms with E-state index in [1.165, 1.54) is 7.11 Å². The van der Waals surface area contributed by atoms with E-state index in [2.05, 4.69) is 15.0 Å². The van der Waals surface area contributed by atoms with Crippen molar-refractivity contribution in [1.29, 1.82) is 5.26 Å². The Kier molecular flexibility index (Phi) is 5.64. The maximum Gasteiger partial charge on any atom is 0.188 e. The van der Waals surface area contributed by atoms with Crippen molar-refractivity contribution in [1.82, 2.24) is 4.98 Å². The quantitative estimate of drug-likeness (QED) is 0.611. The third-order valence-corrected chi connectivity index (χ3v) is 3.84. The van der Waals surface area contributed by atoms with Crippen LogP contribution in [0.2, 0.25) is 0 Å². The zero-order chi connectivity index (χ0) is 14.4. The van der Waals surface area contributed by atoms with Gasteiger partial charge in [0, 0.05) is 17.5 Å². The van der Waals surface area contributed by atoms with Crippen LogP contribution in [0, 0.1) is 11.3 Å². The Labute approximate surface area is 115 Å². The molecule has 1 heterocycles. The summed E-state index contributed by atoms with van der Waals surface area (Å²) in [7, 11) is 0.250. The summed E-state index contributed by atoms with van der Waals surface area (Å²) in [6.07, 6.45) is 1.56. The van der Waals surface area contributed by atoms with Crippen molar-refractivity contribution < 1.29 is 9.05 Å². The zero-order valence-corrected chi connectivity index (χ0v) is 12.3. The second kappa shape index (κ2) is 7.00. The summed E-state index contributed by atoms with van der Waals surface area (Å²) in [4.78, 5) is 9.59. The van der Waals surface area contributed by atoms with Gasteiger partial charge >= 0.3 is 0 Å². The first-order valence-electron chi connectivity index (χ1n) is 5.95. The third kappa shape index (κ3) is 3.61. The Balaban J connectivity index is 3.38. The average Bonchev–Trinajstić information content (AvgIpc) is 2.43.